The number of ether oxygens (including phenoxy) is 1. The van der Waals surface area contributed by atoms with Crippen molar-refractivity contribution in [3.05, 3.63) is 0 Å². The van der Waals surface area contributed by atoms with Crippen molar-refractivity contribution in [2.45, 2.75) is 37.8 Å². The van der Waals surface area contributed by atoms with E-state index in [0.717, 1.165) is 19.4 Å². The van der Waals surface area contributed by atoms with Crippen LogP contribution in [-0.2, 0) is 4.74 Å². The topological polar surface area (TPSA) is 79.9 Å². The fraction of sp³-hybridized carbons (Fsp3) is 0.889. The van der Waals surface area contributed by atoms with Gasteiger partial charge in [-0.3, -0.25) is 0 Å². The lowest BCUT2D eigenvalue weighted by Gasteiger charge is -2.19. The Morgan fingerprint density at radius 3 is 3.07 bits per heavy atom. The number of amidine groups is 1. The Balaban J connectivity index is 2.17. The molecule has 0 heterocycles. The normalized spacial score (nSPS) is 28.2. The van der Waals surface area contributed by atoms with Gasteiger partial charge < -0.3 is 21.0 Å². The molecule has 0 bridgehead atoms. The maximum absolute atomic E-state index is 8.34. The first-order chi connectivity index (χ1) is 6.77. The summed E-state index contributed by atoms with van der Waals surface area (Å²) in [6, 6.07) is 0.423. The van der Waals surface area contributed by atoms with Crippen LogP contribution in [0.2, 0.25) is 0 Å². The molecule has 1 saturated carbocycles. The Bertz CT molecular complexity index is 196. The van der Waals surface area contributed by atoms with Gasteiger partial charge in [0.15, 0.2) is 0 Å². The van der Waals surface area contributed by atoms with Crippen molar-refractivity contribution in [1.82, 2.24) is 5.32 Å². The highest BCUT2D eigenvalue weighted by molar-refractivity contribution is 5.79. The molecule has 0 aromatic heterocycles. The second-order valence-electron chi connectivity index (χ2n) is 3.61. The molecule has 0 amide bonds. The molecule has 1 rings (SSSR count). The number of oxime groups is 1. The molecule has 0 radical (unpaired) electrons. The van der Waals surface area contributed by atoms with Gasteiger partial charge in [0.25, 0.3) is 0 Å². The van der Waals surface area contributed by atoms with Crippen LogP contribution < -0.4 is 11.1 Å². The average Bonchev–Trinajstić information content (AvgIpc) is 2.65. The number of nitrogens with two attached hydrogens (primary N) is 1. The predicted octanol–water partition coefficient (Wildman–Crippen LogP) is 0.280. The van der Waals surface area contributed by atoms with Crippen molar-refractivity contribution < 1.29 is 9.94 Å². The standard InChI is InChI=1S/C9H19N3O2/c1-14-8-4-2-3-7(8)11-6-5-9(10)12-13/h7-8,11,13H,2-6H2,1H3,(H2,10,12). The molecule has 4 N–H and O–H groups in total. The summed E-state index contributed by atoms with van der Waals surface area (Å²) in [6.07, 6.45) is 4.37. The summed E-state index contributed by atoms with van der Waals surface area (Å²) < 4.78 is 5.33. The van der Waals surface area contributed by atoms with Gasteiger partial charge in [-0.05, 0) is 19.3 Å². The van der Waals surface area contributed by atoms with Crippen LogP contribution in [0.3, 0.4) is 0 Å². The van der Waals surface area contributed by atoms with E-state index in [1.54, 1.807) is 7.11 Å². The van der Waals surface area contributed by atoms with Crippen LogP contribution in [0.1, 0.15) is 25.7 Å². The summed E-state index contributed by atoms with van der Waals surface area (Å²) in [5.41, 5.74) is 5.35. The number of hydrogen-bond acceptors (Lipinski definition) is 4. The second kappa shape index (κ2) is 5.82. The predicted molar refractivity (Wildman–Crippen MR) is 54.5 cm³/mol. The van der Waals surface area contributed by atoms with Gasteiger partial charge in [-0.15, -0.1) is 0 Å². The number of nitrogens with zero attached hydrogens (tertiary/aromatic N) is 1. The van der Waals surface area contributed by atoms with Crippen LogP contribution in [-0.4, -0.2) is 36.8 Å². The molecule has 0 saturated heterocycles. The Labute approximate surface area is 84.3 Å². The van der Waals surface area contributed by atoms with Crippen molar-refractivity contribution in [2.24, 2.45) is 10.9 Å². The molecule has 2 atom stereocenters. The van der Waals surface area contributed by atoms with E-state index < -0.39 is 0 Å². The van der Waals surface area contributed by atoms with E-state index in [9.17, 15) is 0 Å². The maximum atomic E-state index is 8.34. The maximum Gasteiger partial charge on any atom is 0.140 e. The molecule has 5 nitrogen and oxygen atoms in total. The molecular weight excluding hydrogens is 182 g/mol. The average molecular weight is 201 g/mol. The van der Waals surface area contributed by atoms with Crippen molar-refractivity contribution in [1.29, 1.82) is 0 Å². The minimum Gasteiger partial charge on any atom is -0.409 e. The lowest BCUT2D eigenvalue weighted by molar-refractivity contribution is 0.0856. The third-order valence-electron chi connectivity index (χ3n) is 2.67. The first kappa shape index (κ1) is 11.3. The van der Waals surface area contributed by atoms with Crippen molar-refractivity contribution >= 4 is 5.84 Å². The van der Waals surface area contributed by atoms with Crippen LogP contribution in [0, 0.1) is 0 Å². The summed E-state index contributed by atoms with van der Waals surface area (Å²) in [5.74, 6) is 0.268. The molecule has 0 aliphatic heterocycles. The van der Waals surface area contributed by atoms with Crippen LogP contribution in [0.5, 0.6) is 0 Å². The Kier molecular flexibility index (Phi) is 4.69. The first-order valence-corrected chi connectivity index (χ1v) is 5.00. The molecule has 5 heteroatoms. The second-order valence-corrected chi connectivity index (χ2v) is 3.61. The van der Waals surface area contributed by atoms with Crippen molar-refractivity contribution in [3.63, 3.8) is 0 Å². The molecule has 0 aromatic rings. The van der Waals surface area contributed by atoms with Crippen molar-refractivity contribution in [3.8, 4) is 0 Å². The van der Waals surface area contributed by atoms with Crippen molar-refractivity contribution in [2.75, 3.05) is 13.7 Å². The largest absolute Gasteiger partial charge is 0.409 e. The molecule has 1 fully saturated rings. The van der Waals surface area contributed by atoms with E-state index in [1.165, 1.54) is 6.42 Å². The lowest BCUT2D eigenvalue weighted by Crippen LogP contribution is -2.38. The highest BCUT2D eigenvalue weighted by Gasteiger charge is 2.26. The minimum absolute atomic E-state index is 0.268. The zero-order valence-corrected chi connectivity index (χ0v) is 8.57. The Morgan fingerprint density at radius 1 is 1.64 bits per heavy atom. The molecular formula is C9H19N3O2. The highest BCUT2D eigenvalue weighted by atomic mass is 16.5. The minimum atomic E-state index is 0.268. The quantitative estimate of drug-likeness (QED) is 0.258. The number of methoxy groups -OCH3 is 1. The molecule has 0 aromatic carbocycles. The third-order valence-corrected chi connectivity index (χ3v) is 2.67. The van der Waals surface area contributed by atoms with E-state index in [4.69, 9.17) is 15.7 Å². The first-order valence-electron chi connectivity index (χ1n) is 5.00. The van der Waals surface area contributed by atoms with E-state index in [2.05, 4.69) is 10.5 Å². The Morgan fingerprint density at radius 2 is 2.43 bits per heavy atom. The molecule has 82 valence electrons. The number of hydrogen-bond donors (Lipinski definition) is 3. The van der Waals surface area contributed by atoms with Gasteiger partial charge in [0.1, 0.15) is 5.84 Å². The summed E-state index contributed by atoms with van der Waals surface area (Å²) >= 11 is 0. The third kappa shape index (κ3) is 3.16. The zero-order chi connectivity index (χ0) is 10.4. The molecule has 2 unspecified atom stereocenters. The summed E-state index contributed by atoms with van der Waals surface area (Å²) in [6.45, 7) is 0.737. The SMILES string of the molecule is COC1CCCC1NCCC(N)=NO. The van der Waals surface area contributed by atoms with E-state index >= 15 is 0 Å². The zero-order valence-electron chi connectivity index (χ0n) is 8.57. The van der Waals surface area contributed by atoms with Gasteiger partial charge >= 0.3 is 0 Å². The molecule has 0 spiro atoms. The smallest absolute Gasteiger partial charge is 0.140 e. The van der Waals surface area contributed by atoms with Gasteiger partial charge in [-0.25, -0.2) is 0 Å². The van der Waals surface area contributed by atoms with Crippen LogP contribution in [0.25, 0.3) is 0 Å². The van der Waals surface area contributed by atoms with E-state index in [-0.39, 0.29) is 5.84 Å². The van der Waals surface area contributed by atoms with Crippen LogP contribution >= 0.6 is 0 Å². The number of rotatable bonds is 5. The lowest BCUT2D eigenvalue weighted by atomic mass is 10.2. The van der Waals surface area contributed by atoms with Gasteiger partial charge in [0, 0.05) is 26.1 Å². The van der Waals surface area contributed by atoms with Gasteiger partial charge in [0.2, 0.25) is 0 Å². The molecule has 1 aliphatic rings. The van der Waals surface area contributed by atoms with Crippen LogP contribution in [0.15, 0.2) is 5.16 Å². The fourth-order valence-corrected chi connectivity index (χ4v) is 1.88. The number of nitrogens with one attached hydrogen (secondary N) is 1. The van der Waals surface area contributed by atoms with Gasteiger partial charge in [-0.1, -0.05) is 5.16 Å². The Hall–Kier alpha value is -0.810. The van der Waals surface area contributed by atoms with E-state index in [0.29, 0.717) is 18.6 Å². The monoisotopic (exact) mass is 201 g/mol. The molecule has 1 aliphatic carbocycles. The summed E-state index contributed by atoms with van der Waals surface area (Å²) in [7, 11) is 1.74. The van der Waals surface area contributed by atoms with Gasteiger partial charge in [0.05, 0.1) is 6.10 Å². The fourth-order valence-electron chi connectivity index (χ4n) is 1.88. The summed E-state index contributed by atoms with van der Waals surface area (Å²) in [4.78, 5) is 0. The van der Waals surface area contributed by atoms with Crippen LogP contribution in [0.4, 0.5) is 0 Å². The summed E-state index contributed by atoms with van der Waals surface area (Å²) in [5, 5.41) is 14.6. The highest BCUT2D eigenvalue weighted by Crippen LogP contribution is 2.21. The van der Waals surface area contributed by atoms with Gasteiger partial charge in [-0.2, -0.15) is 0 Å². The molecule has 14 heavy (non-hydrogen) atoms. The van der Waals surface area contributed by atoms with E-state index in [1.807, 2.05) is 0 Å².